The second-order valence-electron chi connectivity index (χ2n) is 1.82. The average Bonchev–Trinajstić information content (AvgIpc) is 2.54. The molecule has 0 nitrogen and oxygen atoms in total. The van der Waals surface area contributed by atoms with Crippen LogP contribution in [0.4, 0.5) is 0 Å². The predicted molar refractivity (Wildman–Crippen MR) is 55.2 cm³/mol. The molecule has 0 amide bonds. The van der Waals surface area contributed by atoms with Crippen LogP contribution in [-0.2, 0) is 0 Å². The van der Waals surface area contributed by atoms with Gasteiger partial charge in [-0.1, -0.05) is 26.0 Å². The summed E-state index contributed by atoms with van der Waals surface area (Å²) in [7, 11) is 0. The Hall–Kier alpha value is -0.560. The minimum Gasteiger partial charge on any atom is -0.144 e. The fourth-order valence-electron chi connectivity index (χ4n) is 0.804. The highest BCUT2D eigenvalue weighted by Gasteiger charge is 1.79. The van der Waals surface area contributed by atoms with E-state index in [0.29, 0.717) is 0 Å². The fraction of sp³-hybridized carbons (Fsp3) is 0.400. The zero-order chi connectivity index (χ0) is 8.69. The first-order chi connectivity index (χ1) is 5.38. The number of hydrogen-bond donors (Lipinski definition) is 0. The lowest BCUT2D eigenvalue weighted by atomic mass is 10.4. The van der Waals surface area contributed by atoms with Crippen molar-refractivity contribution in [1.82, 2.24) is 0 Å². The van der Waals surface area contributed by atoms with Gasteiger partial charge in [0.1, 0.15) is 0 Å². The molecule has 62 valence electrons. The Morgan fingerprint density at radius 3 is 2.18 bits per heavy atom. The van der Waals surface area contributed by atoms with E-state index in [2.05, 4.69) is 37.4 Å². The summed E-state index contributed by atoms with van der Waals surface area (Å²) in [6, 6.07) is 2.14. The topological polar surface area (TPSA) is 0 Å². The zero-order valence-electron chi connectivity index (χ0n) is 7.72. The van der Waals surface area contributed by atoms with E-state index in [1.54, 1.807) is 11.3 Å². The molecule has 0 aliphatic heterocycles. The molecule has 0 aliphatic rings. The van der Waals surface area contributed by atoms with Gasteiger partial charge >= 0.3 is 0 Å². The molecule has 11 heavy (non-hydrogen) atoms. The van der Waals surface area contributed by atoms with Crippen molar-refractivity contribution < 1.29 is 0 Å². The van der Waals surface area contributed by atoms with Gasteiger partial charge in [0.25, 0.3) is 0 Å². The molecular weight excluding hydrogens is 152 g/mol. The SMILES string of the molecule is C/C=c1/ccs/c1=C/C.CC. The third kappa shape index (κ3) is 2.89. The van der Waals surface area contributed by atoms with Crippen molar-refractivity contribution in [3.63, 3.8) is 0 Å². The molecule has 0 unspecified atom stereocenters. The lowest BCUT2D eigenvalue weighted by molar-refractivity contribution is 1.50. The van der Waals surface area contributed by atoms with Crippen LogP contribution in [0, 0.1) is 0 Å². The normalized spacial score (nSPS) is 12.7. The predicted octanol–water partition coefficient (Wildman–Crippen LogP) is 2.38. The molecule has 0 aliphatic carbocycles. The average molecular weight is 168 g/mol. The van der Waals surface area contributed by atoms with Gasteiger partial charge in [-0.25, -0.2) is 0 Å². The number of thiophene rings is 1. The Labute approximate surface area is 72.9 Å². The molecule has 0 fully saturated rings. The van der Waals surface area contributed by atoms with Crippen LogP contribution in [0.1, 0.15) is 27.7 Å². The second kappa shape index (κ2) is 6.17. The Bertz CT molecular complexity index is 252. The Morgan fingerprint density at radius 1 is 1.18 bits per heavy atom. The van der Waals surface area contributed by atoms with Crippen LogP contribution >= 0.6 is 11.3 Å². The van der Waals surface area contributed by atoms with Crippen LogP contribution in [0.15, 0.2) is 11.4 Å². The molecule has 1 heterocycles. The fourth-order valence-corrected chi connectivity index (χ4v) is 1.62. The Balaban J connectivity index is 0.000000461. The molecule has 1 aromatic heterocycles. The highest BCUT2D eigenvalue weighted by Crippen LogP contribution is 1.79. The van der Waals surface area contributed by atoms with Gasteiger partial charge in [0.15, 0.2) is 0 Å². The first kappa shape index (κ1) is 10.4. The largest absolute Gasteiger partial charge is 0.144 e. The molecule has 1 aromatic rings. The summed E-state index contributed by atoms with van der Waals surface area (Å²) < 4.78 is 1.37. The maximum atomic E-state index is 2.14. The van der Waals surface area contributed by atoms with Crippen molar-refractivity contribution in [2.45, 2.75) is 27.7 Å². The third-order valence-corrected chi connectivity index (χ3v) is 2.30. The lowest BCUT2D eigenvalue weighted by Gasteiger charge is -1.71. The summed E-state index contributed by atoms with van der Waals surface area (Å²) in [5.41, 5.74) is 0. The third-order valence-electron chi connectivity index (χ3n) is 1.30. The molecule has 0 aromatic carbocycles. The number of hydrogen-bond acceptors (Lipinski definition) is 1. The summed E-state index contributed by atoms with van der Waals surface area (Å²) in [5.74, 6) is 0. The molecule has 0 radical (unpaired) electrons. The van der Waals surface area contributed by atoms with E-state index in [1.165, 1.54) is 9.75 Å². The van der Waals surface area contributed by atoms with Crippen molar-refractivity contribution in [2.75, 3.05) is 0 Å². The van der Waals surface area contributed by atoms with Crippen LogP contribution < -0.4 is 9.75 Å². The molecule has 0 bridgehead atoms. The monoisotopic (exact) mass is 168 g/mol. The van der Waals surface area contributed by atoms with Gasteiger partial charge in [-0.15, -0.1) is 11.3 Å². The summed E-state index contributed by atoms with van der Waals surface area (Å²) >= 11 is 1.79. The van der Waals surface area contributed by atoms with Gasteiger partial charge in [0, 0.05) is 4.53 Å². The Kier molecular flexibility index (Phi) is 5.86. The molecule has 0 atom stereocenters. The lowest BCUT2D eigenvalue weighted by Crippen LogP contribution is -2.15. The smallest absolute Gasteiger partial charge is 0.0296 e. The summed E-state index contributed by atoms with van der Waals surface area (Å²) in [6.45, 7) is 8.13. The summed E-state index contributed by atoms with van der Waals surface area (Å²) in [4.78, 5) is 0. The van der Waals surface area contributed by atoms with Crippen LogP contribution in [-0.4, -0.2) is 0 Å². The van der Waals surface area contributed by atoms with E-state index in [-0.39, 0.29) is 0 Å². The van der Waals surface area contributed by atoms with Gasteiger partial charge in [-0.2, -0.15) is 0 Å². The Morgan fingerprint density at radius 2 is 1.82 bits per heavy atom. The minimum atomic E-state index is 1.35. The molecule has 1 rings (SSSR count). The van der Waals surface area contributed by atoms with Crippen molar-refractivity contribution in [1.29, 1.82) is 0 Å². The second-order valence-corrected chi connectivity index (χ2v) is 2.77. The number of rotatable bonds is 0. The molecular formula is C10H16S. The quantitative estimate of drug-likeness (QED) is 0.558. The van der Waals surface area contributed by atoms with Crippen molar-refractivity contribution in [3.05, 3.63) is 21.2 Å². The standard InChI is InChI=1S/C8H10S.C2H6/c1-3-7-5-6-9-8(7)4-2;1-2/h3-6H,1-2H3;1-2H3/b7-3-,8-4+;. The van der Waals surface area contributed by atoms with Crippen molar-refractivity contribution in [3.8, 4) is 0 Å². The van der Waals surface area contributed by atoms with Crippen LogP contribution in [0.3, 0.4) is 0 Å². The van der Waals surface area contributed by atoms with Crippen molar-refractivity contribution >= 4 is 23.5 Å². The summed E-state index contributed by atoms with van der Waals surface area (Å²) in [5, 5.41) is 3.47. The molecule has 0 saturated carbocycles. The van der Waals surface area contributed by atoms with Crippen LogP contribution in [0.2, 0.25) is 0 Å². The maximum absolute atomic E-state index is 2.14. The molecule has 0 N–H and O–H groups in total. The first-order valence-electron chi connectivity index (χ1n) is 4.04. The van der Waals surface area contributed by atoms with Crippen LogP contribution in [0.25, 0.3) is 12.2 Å². The minimum absolute atomic E-state index is 1.35. The van der Waals surface area contributed by atoms with E-state index < -0.39 is 0 Å². The van der Waals surface area contributed by atoms with Crippen molar-refractivity contribution in [2.24, 2.45) is 0 Å². The maximum Gasteiger partial charge on any atom is 0.0296 e. The highest BCUT2D eigenvalue weighted by atomic mass is 32.1. The molecule has 1 heteroatoms. The van der Waals surface area contributed by atoms with E-state index >= 15 is 0 Å². The van der Waals surface area contributed by atoms with Gasteiger partial charge in [0.2, 0.25) is 0 Å². The zero-order valence-corrected chi connectivity index (χ0v) is 8.53. The van der Waals surface area contributed by atoms with Gasteiger partial charge in [-0.05, 0) is 30.5 Å². The van der Waals surface area contributed by atoms with E-state index in [1.807, 2.05) is 13.8 Å². The highest BCUT2D eigenvalue weighted by molar-refractivity contribution is 7.07. The van der Waals surface area contributed by atoms with Gasteiger partial charge < -0.3 is 0 Å². The van der Waals surface area contributed by atoms with E-state index in [4.69, 9.17) is 0 Å². The van der Waals surface area contributed by atoms with E-state index in [0.717, 1.165) is 0 Å². The van der Waals surface area contributed by atoms with Gasteiger partial charge in [-0.3, -0.25) is 0 Å². The first-order valence-corrected chi connectivity index (χ1v) is 4.92. The molecule has 0 saturated heterocycles. The van der Waals surface area contributed by atoms with E-state index in [9.17, 15) is 0 Å². The van der Waals surface area contributed by atoms with Gasteiger partial charge in [0.05, 0.1) is 0 Å². The molecule has 0 spiro atoms. The summed E-state index contributed by atoms with van der Waals surface area (Å²) in [6.07, 6.45) is 4.27. The van der Waals surface area contributed by atoms with Crippen LogP contribution in [0.5, 0.6) is 0 Å².